The molecule has 3 rings (SSSR count). The van der Waals surface area contributed by atoms with E-state index in [9.17, 15) is 9.59 Å². The van der Waals surface area contributed by atoms with Crippen LogP contribution < -0.4 is 10.1 Å². The van der Waals surface area contributed by atoms with Gasteiger partial charge in [-0.3, -0.25) is 4.79 Å². The summed E-state index contributed by atoms with van der Waals surface area (Å²) in [7, 11) is 0. The fourth-order valence-electron chi connectivity index (χ4n) is 3.42. The molecule has 2 atom stereocenters. The Morgan fingerprint density at radius 3 is 2.44 bits per heavy atom. The van der Waals surface area contributed by atoms with Gasteiger partial charge in [0.25, 0.3) is 0 Å². The first-order valence-electron chi connectivity index (χ1n) is 9.50. The van der Waals surface area contributed by atoms with Gasteiger partial charge in [-0.25, -0.2) is 4.79 Å². The molecule has 7 nitrogen and oxygen atoms in total. The Kier molecular flexibility index (Phi) is 5.89. The molecule has 2 heterocycles. The summed E-state index contributed by atoms with van der Waals surface area (Å²) in [4.78, 5) is 29.3. The van der Waals surface area contributed by atoms with Gasteiger partial charge in [-0.05, 0) is 32.9 Å². The number of benzene rings is 1. The Bertz CT molecular complexity index is 653. The van der Waals surface area contributed by atoms with Gasteiger partial charge in [0.05, 0.1) is 19.8 Å². The lowest BCUT2D eigenvalue weighted by Crippen LogP contribution is -2.55. The first kappa shape index (κ1) is 19.5. The fourth-order valence-corrected chi connectivity index (χ4v) is 3.42. The lowest BCUT2D eigenvalue weighted by molar-refractivity contribution is -0.139. The minimum Gasteiger partial charge on any atom is -0.488 e. The van der Waals surface area contributed by atoms with Gasteiger partial charge < -0.3 is 24.6 Å². The fraction of sp³-hybridized carbons (Fsp3) is 0.600. The van der Waals surface area contributed by atoms with E-state index in [1.165, 1.54) is 0 Å². The van der Waals surface area contributed by atoms with Gasteiger partial charge in [0.1, 0.15) is 17.9 Å². The average Bonchev–Trinajstić information content (AvgIpc) is 3.05. The van der Waals surface area contributed by atoms with E-state index >= 15 is 0 Å². The summed E-state index contributed by atoms with van der Waals surface area (Å²) in [6.45, 7) is 8.38. The molecule has 0 spiro atoms. The zero-order valence-electron chi connectivity index (χ0n) is 16.3. The highest BCUT2D eigenvalue weighted by atomic mass is 16.5. The molecule has 1 N–H and O–H groups in total. The maximum atomic E-state index is 13.1. The SMILES string of the molecule is CC(C)(C)NC(=O)N1C[C@@H](Oc2ccccc2)C[C@H]1C(=O)N1CCOCC1. The van der Waals surface area contributed by atoms with Gasteiger partial charge in [0, 0.05) is 25.0 Å². The Morgan fingerprint density at radius 1 is 1.15 bits per heavy atom. The van der Waals surface area contributed by atoms with Crippen molar-refractivity contribution in [3.63, 3.8) is 0 Å². The van der Waals surface area contributed by atoms with Crippen LogP contribution in [0.4, 0.5) is 4.79 Å². The molecule has 27 heavy (non-hydrogen) atoms. The Labute approximate surface area is 160 Å². The predicted molar refractivity (Wildman–Crippen MR) is 102 cm³/mol. The maximum Gasteiger partial charge on any atom is 0.318 e. The second-order valence-corrected chi connectivity index (χ2v) is 8.07. The van der Waals surface area contributed by atoms with E-state index in [0.29, 0.717) is 39.3 Å². The summed E-state index contributed by atoms with van der Waals surface area (Å²) in [5.74, 6) is 0.722. The van der Waals surface area contributed by atoms with E-state index in [2.05, 4.69) is 5.32 Å². The largest absolute Gasteiger partial charge is 0.488 e. The van der Waals surface area contributed by atoms with Crippen LogP contribution in [0.15, 0.2) is 30.3 Å². The van der Waals surface area contributed by atoms with E-state index in [4.69, 9.17) is 9.47 Å². The van der Waals surface area contributed by atoms with Crippen molar-refractivity contribution in [1.82, 2.24) is 15.1 Å². The molecule has 1 aromatic carbocycles. The number of nitrogens with zero attached hydrogens (tertiary/aromatic N) is 2. The van der Waals surface area contributed by atoms with Crippen molar-refractivity contribution in [3.8, 4) is 5.75 Å². The van der Waals surface area contributed by atoms with Crippen molar-refractivity contribution in [2.24, 2.45) is 0 Å². The van der Waals surface area contributed by atoms with Crippen molar-refractivity contribution in [3.05, 3.63) is 30.3 Å². The maximum absolute atomic E-state index is 13.1. The monoisotopic (exact) mass is 375 g/mol. The molecule has 0 saturated carbocycles. The molecule has 148 valence electrons. The smallest absolute Gasteiger partial charge is 0.318 e. The summed E-state index contributed by atoms with van der Waals surface area (Å²) < 4.78 is 11.4. The van der Waals surface area contributed by atoms with Crippen molar-refractivity contribution in [2.45, 2.75) is 44.9 Å². The van der Waals surface area contributed by atoms with Crippen LogP contribution in [0, 0.1) is 0 Å². The number of likely N-dealkylation sites (tertiary alicyclic amines) is 1. The summed E-state index contributed by atoms with van der Waals surface area (Å²) >= 11 is 0. The van der Waals surface area contributed by atoms with Crippen LogP contribution in [-0.2, 0) is 9.53 Å². The van der Waals surface area contributed by atoms with Crippen LogP contribution in [0.1, 0.15) is 27.2 Å². The first-order chi connectivity index (χ1) is 12.8. The van der Waals surface area contributed by atoms with Gasteiger partial charge in [-0.15, -0.1) is 0 Å². The second-order valence-electron chi connectivity index (χ2n) is 8.07. The highest BCUT2D eigenvalue weighted by molar-refractivity contribution is 5.88. The van der Waals surface area contributed by atoms with Crippen LogP contribution in [0.3, 0.4) is 0 Å². The van der Waals surface area contributed by atoms with Crippen LogP contribution in [0.5, 0.6) is 5.75 Å². The van der Waals surface area contributed by atoms with Crippen molar-refractivity contribution < 1.29 is 19.1 Å². The molecule has 0 aromatic heterocycles. The zero-order valence-corrected chi connectivity index (χ0v) is 16.3. The molecule has 0 bridgehead atoms. The second kappa shape index (κ2) is 8.17. The number of nitrogens with one attached hydrogen (secondary N) is 1. The third kappa shape index (κ3) is 5.13. The van der Waals surface area contributed by atoms with E-state index in [0.717, 1.165) is 5.75 Å². The van der Waals surface area contributed by atoms with Crippen LogP contribution in [0.2, 0.25) is 0 Å². The third-order valence-electron chi connectivity index (χ3n) is 4.66. The molecule has 2 saturated heterocycles. The number of hydrogen-bond acceptors (Lipinski definition) is 4. The number of carbonyl (C=O) groups is 2. The molecule has 1 aromatic rings. The molecule has 0 radical (unpaired) electrons. The van der Waals surface area contributed by atoms with Crippen LogP contribution >= 0.6 is 0 Å². The van der Waals surface area contributed by atoms with Crippen molar-refractivity contribution in [2.75, 3.05) is 32.8 Å². The van der Waals surface area contributed by atoms with Crippen LogP contribution in [-0.4, -0.2) is 72.3 Å². The van der Waals surface area contributed by atoms with Gasteiger partial charge in [-0.1, -0.05) is 18.2 Å². The molecule has 3 amide bonds. The zero-order chi connectivity index (χ0) is 19.4. The predicted octanol–water partition coefficient (Wildman–Crippen LogP) is 1.88. The van der Waals surface area contributed by atoms with Gasteiger partial charge >= 0.3 is 6.03 Å². The number of carbonyl (C=O) groups excluding carboxylic acids is 2. The van der Waals surface area contributed by atoms with Gasteiger partial charge in [-0.2, -0.15) is 0 Å². The Balaban J connectivity index is 1.74. The molecule has 2 aliphatic rings. The standard InChI is InChI=1S/C20H29N3O4/c1-20(2,3)21-19(25)23-14-16(27-15-7-5-4-6-8-15)13-17(23)18(24)22-9-11-26-12-10-22/h4-8,16-17H,9-14H2,1-3H3,(H,21,25)/t16-,17-/m0/s1. The lowest BCUT2D eigenvalue weighted by Gasteiger charge is -2.33. The molecule has 0 aliphatic carbocycles. The van der Waals surface area contributed by atoms with E-state index in [1.807, 2.05) is 51.1 Å². The minimum atomic E-state index is -0.515. The normalized spacial score (nSPS) is 23.2. The first-order valence-corrected chi connectivity index (χ1v) is 9.50. The average molecular weight is 375 g/mol. The lowest BCUT2D eigenvalue weighted by atomic mass is 10.1. The van der Waals surface area contributed by atoms with E-state index in [-0.39, 0.29) is 23.6 Å². The summed E-state index contributed by atoms with van der Waals surface area (Å²) in [5.41, 5.74) is -0.373. The Morgan fingerprint density at radius 2 is 1.81 bits per heavy atom. The van der Waals surface area contributed by atoms with Gasteiger partial charge in [0.15, 0.2) is 0 Å². The third-order valence-corrected chi connectivity index (χ3v) is 4.66. The van der Waals surface area contributed by atoms with E-state index in [1.54, 1.807) is 9.80 Å². The van der Waals surface area contributed by atoms with Crippen molar-refractivity contribution >= 4 is 11.9 Å². The molecule has 2 fully saturated rings. The highest BCUT2D eigenvalue weighted by Gasteiger charge is 2.43. The topological polar surface area (TPSA) is 71.1 Å². The number of urea groups is 1. The molecular formula is C20H29N3O4. The molecular weight excluding hydrogens is 346 g/mol. The quantitative estimate of drug-likeness (QED) is 0.876. The molecule has 0 unspecified atom stereocenters. The summed E-state index contributed by atoms with van der Waals surface area (Å²) in [6, 6.07) is 8.77. The van der Waals surface area contributed by atoms with Crippen molar-refractivity contribution in [1.29, 1.82) is 0 Å². The number of rotatable bonds is 3. The number of hydrogen-bond donors (Lipinski definition) is 1. The molecule has 2 aliphatic heterocycles. The number of amides is 3. The Hall–Kier alpha value is -2.28. The number of morpholine rings is 1. The molecule has 7 heteroatoms. The summed E-state index contributed by atoms with van der Waals surface area (Å²) in [5, 5.41) is 2.97. The number of para-hydroxylation sites is 1. The number of ether oxygens (including phenoxy) is 2. The van der Waals surface area contributed by atoms with Gasteiger partial charge in [0.2, 0.25) is 5.91 Å². The van der Waals surface area contributed by atoms with E-state index < -0.39 is 6.04 Å². The highest BCUT2D eigenvalue weighted by Crippen LogP contribution is 2.25. The van der Waals surface area contributed by atoms with Crippen LogP contribution in [0.25, 0.3) is 0 Å². The summed E-state index contributed by atoms with van der Waals surface area (Å²) in [6.07, 6.45) is 0.274. The minimum absolute atomic E-state index is 0.0264.